The lowest BCUT2D eigenvalue weighted by Gasteiger charge is -2.71. The molecular weight excluding hydrogens is 276 g/mol. The molecule has 0 aromatic carbocycles. The summed E-state index contributed by atoms with van der Waals surface area (Å²) in [6.45, 7) is 7.97. The van der Waals surface area contributed by atoms with Gasteiger partial charge in [0.25, 0.3) is 0 Å². The Kier molecular flexibility index (Phi) is 2.60. The summed E-state index contributed by atoms with van der Waals surface area (Å²) in [4.78, 5) is 0. The molecule has 0 spiro atoms. The van der Waals surface area contributed by atoms with Crippen molar-refractivity contribution in [3.8, 4) is 0 Å². The van der Waals surface area contributed by atoms with E-state index in [1.807, 2.05) is 0 Å². The van der Waals surface area contributed by atoms with Gasteiger partial charge in [0.2, 0.25) is 0 Å². The molecule has 9 saturated carbocycles. The Bertz CT molecular complexity index is 522. The van der Waals surface area contributed by atoms with E-state index in [9.17, 15) is 0 Å². The number of fused-ring (bicyclic) bond motifs is 6. The second kappa shape index (κ2) is 4.21. The lowest BCUT2D eigenvalue weighted by atomic mass is 9.34. The van der Waals surface area contributed by atoms with E-state index >= 15 is 0 Å². The Morgan fingerprint density at radius 1 is 0.826 bits per heavy atom. The van der Waals surface area contributed by atoms with Crippen LogP contribution in [-0.2, 0) is 0 Å². The van der Waals surface area contributed by atoms with Gasteiger partial charge in [0.15, 0.2) is 0 Å². The Labute approximate surface area is 143 Å². The van der Waals surface area contributed by atoms with Crippen molar-refractivity contribution in [2.45, 2.75) is 78.6 Å². The van der Waals surface area contributed by atoms with Crippen LogP contribution in [0.1, 0.15) is 78.6 Å². The number of hydrogen-bond donors (Lipinski definition) is 0. The first-order valence-electron chi connectivity index (χ1n) is 11.0. The van der Waals surface area contributed by atoms with Crippen LogP contribution in [0.25, 0.3) is 0 Å². The van der Waals surface area contributed by atoms with Crippen LogP contribution in [0.15, 0.2) is 0 Å². The molecule has 0 amide bonds. The predicted octanol–water partition coefficient (Wildman–Crippen LogP) is 6.16. The van der Waals surface area contributed by atoms with Crippen molar-refractivity contribution in [1.82, 2.24) is 0 Å². The normalized spacial score (nSPS) is 68.7. The third kappa shape index (κ3) is 1.52. The number of rotatable bonds is 2. The fourth-order valence-corrected chi connectivity index (χ4v) is 9.96. The van der Waals surface area contributed by atoms with Gasteiger partial charge in [-0.1, -0.05) is 20.8 Å². The molecule has 9 aliphatic rings. The summed E-state index contributed by atoms with van der Waals surface area (Å²) in [7, 11) is 0. The molecule has 23 heavy (non-hydrogen) atoms. The largest absolute Gasteiger partial charge is 0.0620 e. The van der Waals surface area contributed by atoms with Gasteiger partial charge in [-0.2, -0.15) is 0 Å². The maximum atomic E-state index is 2.69. The van der Waals surface area contributed by atoms with Gasteiger partial charge >= 0.3 is 0 Å². The first kappa shape index (κ1) is 14.2. The van der Waals surface area contributed by atoms with E-state index in [2.05, 4.69) is 20.8 Å². The zero-order valence-corrected chi connectivity index (χ0v) is 15.6. The third-order valence-electron chi connectivity index (χ3n) is 11.2. The van der Waals surface area contributed by atoms with Crippen molar-refractivity contribution >= 4 is 0 Å². The molecule has 0 aliphatic heterocycles. The topological polar surface area (TPSA) is 0 Å². The minimum absolute atomic E-state index is 0.782. The molecule has 6 bridgehead atoms. The maximum Gasteiger partial charge on any atom is -0.0235 e. The van der Waals surface area contributed by atoms with Crippen molar-refractivity contribution < 1.29 is 0 Å². The molecule has 128 valence electrons. The second-order valence-electron chi connectivity index (χ2n) is 11.6. The van der Waals surface area contributed by atoms with E-state index in [1.54, 1.807) is 57.8 Å². The SMILES string of the molecule is CC1C2CC(C2)CC1C12CCC(C3C4CCC3(C)C4)C(C1)C2C. The van der Waals surface area contributed by atoms with Gasteiger partial charge in [0.05, 0.1) is 0 Å². The van der Waals surface area contributed by atoms with Gasteiger partial charge in [0, 0.05) is 0 Å². The molecule has 0 aromatic rings. The van der Waals surface area contributed by atoms with Crippen LogP contribution in [0.4, 0.5) is 0 Å². The van der Waals surface area contributed by atoms with Crippen molar-refractivity contribution in [3.05, 3.63) is 0 Å². The summed E-state index contributed by atoms with van der Waals surface area (Å²) < 4.78 is 0. The van der Waals surface area contributed by atoms with E-state index in [4.69, 9.17) is 0 Å². The van der Waals surface area contributed by atoms with E-state index in [-0.39, 0.29) is 0 Å². The minimum atomic E-state index is 0.782. The van der Waals surface area contributed by atoms with Crippen LogP contribution in [0, 0.1) is 64.1 Å². The second-order valence-corrected chi connectivity index (χ2v) is 11.6. The fraction of sp³-hybridized carbons (Fsp3) is 1.00. The van der Waals surface area contributed by atoms with Gasteiger partial charge in [0.1, 0.15) is 0 Å². The van der Waals surface area contributed by atoms with Crippen LogP contribution in [0.2, 0.25) is 0 Å². The van der Waals surface area contributed by atoms with Crippen molar-refractivity contribution in [3.63, 3.8) is 0 Å². The first-order valence-corrected chi connectivity index (χ1v) is 11.0. The van der Waals surface area contributed by atoms with E-state index in [1.165, 1.54) is 0 Å². The van der Waals surface area contributed by atoms with Crippen LogP contribution in [-0.4, -0.2) is 0 Å². The highest BCUT2D eigenvalue weighted by Gasteiger charge is 2.68. The molecule has 0 nitrogen and oxygen atoms in total. The van der Waals surface area contributed by atoms with Gasteiger partial charge in [-0.25, -0.2) is 0 Å². The fourth-order valence-electron chi connectivity index (χ4n) is 9.96. The smallest absolute Gasteiger partial charge is 0.0235 e. The minimum Gasteiger partial charge on any atom is -0.0620 e. The molecule has 9 atom stereocenters. The number of hydrogen-bond acceptors (Lipinski definition) is 0. The molecule has 9 unspecified atom stereocenters. The summed E-state index contributed by atoms with van der Waals surface area (Å²) >= 11 is 0. The Morgan fingerprint density at radius 3 is 2.22 bits per heavy atom. The van der Waals surface area contributed by atoms with Crippen molar-refractivity contribution in [2.75, 3.05) is 0 Å². The van der Waals surface area contributed by atoms with Gasteiger partial charge < -0.3 is 0 Å². The molecular formula is C23H36. The van der Waals surface area contributed by atoms with E-state index in [0.717, 1.165) is 64.1 Å². The Balaban J connectivity index is 1.23. The molecule has 0 heterocycles. The lowest BCUT2D eigenvalue weighted by molar-refractivity contribution is -0.221. The highest BCUT2D eigenvalue weighted by atomic mass is 14.7. The Hall–Kier alpha value is 0. The van der Waals surface area contributed by atoms with Gasteiger partial charge in [-0.3, -0.25) is 0 Å². The third-order valence-corrected chi connectivity index (χ3v) is 11.2. The molecule has 0 N–H and O–H groups in total. The van der Waals surface area contributed by atoms with Crippen LogP contribution < -0.4 is 0 Å². The summed E-state index contributed by atoms with van der Waals surface area (Å²) in [5.41, 5.74) is 1.59. The van der Waals surface area contributed by atoms with Crippen molar-refractivity contribution in [2.24, 2.45) is 64.1 Å². The van der Waals surface area contributed by atoms with Gasteiger partial charge in [-0.15, -0.1) is 0 Å². The lowest BCUT2D eigenvalue weighted by Crippen LogP contribution is -2.64. The highest BCUT2D eigenvalue weighted by Crippen LogP contribution is 2.76. The van der Waals surface area contributed by atoms with Crippen molar-refractivity contribution in [1.29, 1.82) is 0 Å². The molecule has 0 aromatic heterocycles. The predicted molar refractivity (Wildman–Crippen MR) is 94.9 cm³/mol. The Morgan fingerprint density at radius 2 is 1.65 bits per heavy atom. The summed E-state index contributed by atoms with van der Waals surface area (Å²) in [5.74, 6) is 10.0. The molecule has 0 saturated heterocycles. The maximum absolute atomic E-state index is 2.69. The molecule has 9 fully saturated rings. The molecule has 0 radical (unpaired) electrons. The molecule has 9 aliphatic carbocycles. The zero-order chi connectivity index (χ0) is 15.6. The average molecular weight is 313 g/mol. The van der Waals surface area contributed by atoms with Crippen LogP contribution >= 0.6 is 0 Å². The monoisotopic (exact) mass is 312 g/mol. The van der Waals surface area contributed by atoms with Crippen LogP contribution in [0.5, 0.6) is 0 Å². The molecule has 9 rings (SSSR count). The van der Waals surface area contributed by atoms with Crippen LogP contribution in [0.3, 0.4) is 0 Å². The average Bonchev–Trinajstić information content (AvgIpc) is 3.03. The zero-order valence-electron chi connectivity index (χ0n) is 15.6. The van der Waals surface area contributed by atoms with E-state index in [0.29, 0.717) is 0 Å². The first-order chi connectivity index (χ1) is 11.0. The summed E-state index contributed by atoms with van der Waals surface area (Å²) in [5, 5.41) is 0. The standard InChI is InChI=1S/C23H36/c1-13-17-8-15(9-17)10-20(13)23-7-5-18(19(12-23)14(23)2)21-16-4-6-22(21,3)11-16/h13-21H,4-12H2,1-3H3. The molecule has 0 heteroatoms. The summed E-state index contributed by atoms with van der Waals surface area (Å²) in [6.07, 6.45) is 14.4. The quantitative estimate of drug-likeness (QED) is 0.573. The summed E-state index contributed by atoms with van der Waals surface area (Å²) in [6, 6.07) is 0. The van der Waals surface area contributed by atoms with E-state index < -0.39 is 0 Å². The highest BCUT2D eigenvalue weighted by molar-refractivity contribution is 5.17. The van der Waals surface area contributed by atoms with Gasteiger partial charge in [-0.05, 0) is 122 Å².